The predicted molar refractivity (Wildman–Crippen MR) is 128 cm³/mol. The van der Waals surface area contributed by atoms with Crippen molar-refractivity contribution in [3.8, 4) is 0 Å². The Hall–Kier alpha value is -2.33. The van der Waals surface area contributed by atoms with Gasteiger partial charge in [0.2, 0.25) is 10.9 Å². The van der Waals surface area contributed by atoms with Crippen LogP contribution in [0.15, 0.2) is 46.4 Å². The van der Waals surface area contributed by atoms with Gasteiger partial charge in [0.05, 0.1) is 12.4 Å². The number of rotatable bonds is 4. The first-order valence-corrected chi connectivity index (χ1v) is 13.3. The molecular weight excluding hydrogens is 509 g/mol. The summed E-state index contributed by atoms with van der Waals surface area (Å²) in [6.07, 6.45) is 1.44. The van der Waals surface area contributed by atoms with Gasteiger partial charge in [-0.05, 0) is 61.2 Å². The summed E-state index contributed by atoms with van der Waals surface area (Å²) in [7, 11) is 0. The van der Waals surface area contributed by atoms with Crippen LogP contribution >= 0.6 is 11.8 Å². The van der Waals surface area contributed by atoms with Crippen molar-refractivity contribution in [3.05, 3.63) is 47.7 Å². The second-order valence-electron chi connectivity index (χ2n) is 11.2. The Morgan fingerprint density at radius 3 is 2.68 bits per heavy atom. The molecule has 10 heteroatoms. The molecule has 200 valence electrons. The van der Waals surface area contributed by atoms with E-state index in [1.54, 1.807) is 13.8 Å². The van der Waals surface area contributed by atoms with Gasteiger partial charge in [-0.3, -0.25) is 9.59 Å². The van der Waals surface area contributed by atoms with E-state index < -0.39 is 68.9 Å². The van der Waals surface area contributed by atoms with E-state index >= 15 is 8.78 Å². The zero-order valence-corrected chi connectivity index (χ0v) is 21.6. The molecule has 5 rings (SSSR count). The summed E-state index contributed by atoms with van der Waals surface area (Å²) in [4.78, 5) is 38.7. The van der Waals surface area contributed by atoms with Crippen molar-refractivity contribution < 1.29 is 41.8 Å². The number of hydrogen-bond acceptors (Lipinski definition) is 7. The van der Waals surface area contributed by atoms with Gasteiger partial charge in [-0.15, -0.1) is 0 Å². The summed E-state index contributed by atoms with van der Waals surface area (Å²) in [5.74, 6) is -4.50. The van der Waals surface area contributed by atoms with Crippen LogP contribution in [0.4, 0.5) is 13.2 Å². The number of alkyl halides is 2. The molecule has 0 spiro atoms. The number of ketones is 1. The molecule has 1 aromatic heterocycles. The number of hydrogen-bond donors (Lipinski definition) is 1. The van der Waals surface area contributed by atoms with E-state index in [0.29, 0.717) is 11.8 Å². The van der Waals surface area contributed by atoms with Crippen LogP contribution in [-0.4, -0.2) is 45.4 Å². The highest BCUT2D eigenvalue weighted by atomic mass is 32.2. The molecule has 2 unspecified atom stereocenters. The van der Waals surface area contributed by atoms with Gasteiger partial charge in [-0.1, -0.05) is 19.9 Å². The van der Waals surface area contributed by atoms with Crippen molar-refractivity contribution in [2.75, 3.05) is 6.01 Å². The third-order valence-electron chi connectivity index (χ3n) is 9.66. The normalized spacial score (nSPS) is 42.7. The van der Waals surface area contributed by atoms with Crippen LogP contribution in [0.5, 0.6) is 0 Å². The number of esters is 1. The monoisotopic (exact) mass is 538 g/mol. The Morgan fingerprint density at radius 2 is 2.03 bits per heavy atom. The van der Waals surface area contributed by atoms with Crippen molar-refractivity contribution in [3.63, 3.8) is 0 Å². The van der Waals surface area contributed by atoms with Gasteiger partial charge in [-0.25, -0.2) is 18.0 Å². The highest BCUT2D eigenvalue weighted by Gasteiger charge is 2.77. The lowest BCUT2D eigenvalue weighted by atomic mass is 9.45. The summed E-state index contributed by atoms with van der Waals surface area (Å²) >= 11 is 0.352. The molecule has 0 saturated heterocycles. The molecule has 4 aliphatic carbocycles. The maximum absolute atomic E-state index is 17.4. The lowest BCUT2D eigenvalue weighted by Gasteiger charge is -2.62. The first-order chi connectivity index (χ1) is 17.4. The molecule has 37 heavy (non-hydrogen) atoms. The number of halogens is 3. The number of carbonyl (C=O) groups is 3. The summed E-state index contributed by atoms with van der Waals surface area (Å²) < 4.78 is 57.5. The minimum absolute atomic E-state index is 0.0343. The largest absolute Gasteiger partial charge is 0.457 e. The fourth-order valence-corrected chi connectivity index (χ4v) is 8.73. The van der Waals surface area contributed by atoms with Crippen molar-refractivity contribution in [1.82, 2.24) is 0 Å². The van der Waals surface area contributed by atoms with Crippen LogP contribution in [0, 0.1) is 28.6 Å². The third kappa shape index (κ3) is 3.27. The van der Waals surface area contributed by atoms with Crippen molar-refractivity contribution in [2.24, 2.45) is 28.6 Å². The zero-order chi connectivity index (χ0) is 27.0. The van der Waals surface area contributed by atoms with Crippen molar-refractivity contribution in [1.29, 1.82) is 0 Å². The average Bonchev–Trinajstić information content (AvgIpc) is 3.45. The van der Waals surface area contributed by atoms with E-state index in [0.717, 1.165) is 0 Å². The molecule has 0 aliphatic heterocycles. The lowest BCUT2D eigenvalue weighted by Crippen LogP contribution is -2.69. The smallest absolute Gasteiger partial charge is 0.375 e. The zero-order valence-electron chi connectivity index (χ0n) is 20.8. The van der Waals surface area contributed by atoms with Gasteiger partial charge in [0.1, 0.15) is 11.8 Å². The van der Waals surface area contributed by atoms with E-state index in [1.807, 2.05) is 0 Å². The van der Waals surface area contributed by atoms with Crippen molar-refractivity contribution in [2.45, 2.75) is 63.8 Å². The van der Waals surface area contributed by atoms with Crippen LogP contribution in [0.3, 0.4) is 0 Å². The van der Waals surface area contributed by atoms with E-state index in [1.165, 1.54) is 37.5 Å². The molecule has 1 heterocycles. The highest BCUT2D eigenvalue weighted by molar-refractivity contribution is 8.13. The molecule has 0 radical (unpaired) electrons. The quantitative estimate of drug-likeness (QED) is 0.522. The molecule has 6 nitrogen and oxygen atoms in total. The van der Waals surface area contributed by atoms with Crippen LogP contribution in [-0.2, 0) is 14.3 Å². The number of allylic oxidation sites excluding steroid dienone is 4. The first kappa shape index (κ1) is 26.3. The number of carbonyl (C=O) groups excluding carboxylic acids is 3. The van der Waals surface area contributed by atoms with Gasteiger partial charge in [0, 0.05) is 35.5 Å². The molecule has 0 aromatic carbocycles. The highest BCUT2D eigenvalue weighted by Crippen LogP contribution is 2.72. The fraction of sp³-hybridized carbons (Fsp3) is 0.593. The van der Waals surface area contributed by atoms with Crippen LogP contribution < -0.4 is 0 Å². The Balaban J connectivity index is 1.65. The number of aliphatic hydroxyl groups is 1. The molecule has 4 aliphatic rings. The van der Waals surface area contributed by atoms with E-state index in [9.17, 15) is 23.9 Å². The first-order valence-electron chi connectivity index (χ1n) is 12.3. The molecule has 0 bridgehead atoms. The van der Waals surface area contributed by atoms with Crippen LogP contribution in [0.25, 0.3) is 0 Å². The number of aliphatic hydroxyl groups excluding tert-OH is 1. The number of furan rings is 1. The average molecular weight is 539 g/mol. The molecule has 2 fully saturated rings. The van der Waals surface area contributed by atoms with Crippen molar-refractivity contribution >= 4 is 28.6 Å². The van der Waals surface area contributed by atoms with Gasteiger partial charge in [0.25, 0.3) is 0 Å². The van der Waals surface area contributed by atoms with E-state index in [2.05, 4.69) is 0 Å². The molecule has 8 atom stereocenters. The minimum Gasteiger partial charge on any atom is -0.457 e. The van der Waals surface area contributed by atoms with Gasteiger partial charge in [-0.2, -0.15) is 0 Å². The number of thioether (sulfide) groups is 1. The number of ether oxygens (including phenoxy) is 1. The molecular formula is C27H29F3O6S. The van der Waals surface area contributed by atoms with Gasteiger partial charge in [0.15, 0.2) is 17.1 Å². The molecule has 1 aromatic rings. The molecule has 0 amide bonds. The van der Waals surface area contributed by atoms with E-state index in [-0.39, 0.29) is 42.8 Å². The van der Waals surface area contributed by atoms with Crippen LogP contribution in [0.1, 0.15) is 57.0 Å². The Kier molecular flexibility index (Phi) is 6.10. The summed E-state index contributed by atoms with van der Waals surface area (Å²) in [5.41, 5.74) is -7.12. The summed E-state index contributed by atoms with van der Waals surface area (Å²) in [6.45, 7) is 4.80. The number of fused-ring (bicyclic) bond motifs is 5. The Morgan fingerprint density at radius 1 is 1.30 bits per heavy atom. The maximum atomic E-state index is 17.4. The third-order valence-corrected chi connectivity index (χ3v) is 10.3. The molecule has 2 saturated carbocycles. The minimum atomic E-state index is -2.34. The second-order valence-corrected chi connectivity index (χ2v) is 12.0. The SMILES string of the molecule is C[C@@H]1CC2C3CC(F)=C4CC(=O)C=C[C@]4(C)[C@@]3(F)[C@@H](O)C[C@]2(C)[C@@]1(OC(=O)c1ccco1)C(=O)SCF. The maximum Gasteiger partial charge on any atom is 0.375 e. The van der Waals surface area contributed by atoms with Gasteiger partial charge < -0.3 is 14.3 Å². The summed E-state index contributed by atoms with van der Waals surface area (Å²) in [5, 5.41) is 10.7. The topological polar surface area (TPSA) is 93.8 Å². The van der Waals surface area contributed by atoms with E-state index in [4.69, 9.17) is 9.15 Å². The Bertz CT molecular complexity index is 1210. The Labute approximate surface area is 216 Å². The second kappa shape index (κ2) is 8.59. The standard InChI is InChI=1S/C27H29F3O6S/c1-14-9-16-17-11-19(29)18-10-15(31)6-7-24(18,2)26(17,30)21(32)12-25(16,3)27(14,23(34)37-13-28)36-22(33)20-5-4-8-35-20/h4-8,14,16-17,21,32H,9-13H2,1-3H3/t14-,16?,17?,21+,24+,25+,26+,27+/m1/s1. The fourth-order valence-electron chi connectivity index (χ4n) is 7.94. The molecule has 1 N–H and O–H groups in total. The predicted octanol–water partition coefficient (Wildman–Crippen LogP) is 5.28. The lowest BCUT2D eigenvalue weighted by molar-refractivity contribution is -0.214. The van der Waals surface area contributed by atoms with Gasteiger partial charge >= 0.3 is 5.97 Å². The summed E-state index contributed by atoms with van der Waals surface area (Å²) in [6, 6.07) is 1.78. The van der Waals surface area contributed by atoms with Crippen LogP contribution in [0.2, 0.25) is 0 Å².